The first-order valence-corrected chi connectivity index (χ1v) is 10.1. The summed E-state index contributed by atoms with van der Waals surface area (Å²) in [7, 11) is 1.60. The Morgan fingerprint density at radius 1 is 1.06 bits per heavy atom. The number of hydrogen-bond donors (Lipinski definition) is 1. The number of rotatable bonds is 9. The normalized spacial score (nSPS) is 11.5. The number of halogens is 1. The van der Waals surface area contributed by atoms with Gasteiger partial charge in [0.1, 0.15) is 23.9 Å². The Hall–Kier alpha value is -3.81. The van der Waals surface area contributed by atoms with Crippen LogP contribution in [-0.4, -0.2) is 30.3 Å². The summed E-state index contributed by atoms with van der Waals surface area (Å²) in [6, 6.07) is 14.0. The predicted octanol–water partition coefficient (Wildman–Crippen LogP) is 3.79. The number of nitrogens with one attached hydrogen (secondary N) is 1. The molecule has 1 heterocycles. The summed E-state index contributed by atoms with van der Waals surface area (Å²) in [6.07, 6.45) is 0.725. The maximum atomic E-state index is 13.0. The molecule has 1 unspecified atom stereocenters. The van der Waals surface area contributed by atoms with Gasteiger partial charge in [-0.1, -0.05) is 0 Å². The van der Waals surface area contributed by atoms with Crippen LogP contribution in [0, 0.1) is 12.7 Å². The number of carbonyl (C=O) groups is 1. The second-order valence-corrected chi connectivity index (χ2v) is 7.07. The summed E-state index contributed by atoms with van der Waals surface area (Å²) >= 11 is 0. The van der Waals surface area contributed by atoms with E-state index in [2.05, 4.69) is 5.32 Å². The molecule has 0 aliphatic rings. The highest BCUT2D eigenvalue weighted by molar-refractivity contribution is 5.94. The molecule has 0 fully saturated rings. The van der Waals surface area contributed by atoms with Crippen molar-refractivity contribution < 1.29 is 23.4 Å². The Bertz CT molecular complexity index is 1110. The maximum absolute atomic E-state index is 13.0. The molecule has 1 N–H and O–H groups in total. The van der Waals surface area contributed by atoms with Crippen LogP contribution in [0.3, 0.4) is 0 Å². The molecular weight excluding hydrogens is 415 g/mol. The lowest BCUT2D eigenvalue weighted by Crippen LogP contribution is -2.32. The van der Waals surface area contributed by atoms with E-state index in [0.29, 0.717) is 30.3 Å². The molecule has 0 saturated heterocycles. The van der Waals surface area contributed by atoms with Gasteiger partial charge in [0.15, 0.2) is 11.9 Å². The summed E-state index contributed by atoms with van der Waals surface area (Å²) in [4.78, 5) is 24.8. The number of aromatic nitrogens is 1. The molecule has 0 aliphatic heterocycles. The van der Waals surface area contributed by atoms with Gasteiger partial charge in [0.2, 0.25) is 5.43 Å². The molecule has 0 spiro atoms. The van der Waals surface area contributed by atoms with E-state index in [4.69, 9.17) is 14.2 Å². The van der Waals surface area contributed by atoms with Gasteiger partial charge in [-0.15, -0.1) is 0 Å². The number of hydrogen-bond acceptors (Lipinski definition) is 5. The van der Waals surface area contributed by atoms with Crippen molar-refractivity contribution in [3.63, 3.8) is 0 Å². The Labute approximate surface area is 185 Å². The van der Waals surface area contributed by atoms with Crippen molar-refractivity contribution in [2.24, 2.45) is 0 Å². The highest BCUT2D eigenvalue weighted by atomic mass is 19.1. The Morgan fingerprint density at radius 3 is 2.38 bits per heavy atom. The molecule has 32 heavy (non-hydrogen) atoms. The van der Waals surface area contributed by atoms with Crippen LogP contribution in [-0.2, 0) is 11.3 Å². The van der Waals surface area contributed by atoms with Gasteiger partial charge >= 0.3 is 0 Å². The lowest BCUT2D eigenvalue weighted by atomic mass is 10.2. The SMILES string of the molecule is COc1ccc(OCCn2ccc(=O)c(OC(C)C(=O)Nc3ccc(F)cc3)c2C)cc1. The molecule has 7 nitrogen and oxygen atoms in total. The number of amides is 1. The summed E-state index contributed by atoms with van der Waals surface area (Å²) in [5, 5.41) is 2.63. The lowest BCUT2D eigenvalue weighted by molar-refractivity contribution is -0.122. The number of benzene rings is 2. The molecule has 0 bridgehead atoms. The minimum Gasteiger partial charge on any atom is -0.497 e. The molecule has 2 aromatic carbocycles. The Kier molecular flexibility index (Phi) is 7.49. The van der Waals surface area contributed by atoms with E-state index in [0.717, 1.165) is 5.75 Å². The van der Waals surface area contributed by atoms with Crippen LogP contribution in [0.25, 0.3) is 0 Å². The number of ether oxygens (including phenoxy) is 3. The van der Waals surface area contributed by atoms with Crippen LogP contribution in [0.5, 0.6) is 17.2 Å². The Balaban J connectivity index is 1.62. The van der Waals surface area contributed by atoms with Crippen molar-refractivity contribution in [2.75, 3.05) is 19.0 Å². The molecule has 1 aromatic heterocycles. The third-order valence-electron chi connectivity index (χ3n) is 4.83. The van der Waals surface area contributed by atoms with E-state index >= 15 is 0 Å². The van der Waals surface area contributed by atoms with E-state index in [1.54, 1.807) is 27.2 Å². The first kappa shape index (κ1) is 22.9. The molecule has 3 aromatic rings. The first-order chi connectivity index (χ1) is 15.4. The third kappa shape index (κ3) is 5.87. The van der Waals surface area contributed by atoms with Crippen LogP contribution in [0.1, 0.15) is 12.6 Å². The fourth-order valence-electron chi connectivity index (χ4n) is 2.98. The van der Waals surface area contributed by atoms with Crippen molar-refractivity contribution in [3.05, 3.63) is 82.5 Å². The molecule has 1 atom stereocenters. The minimum absolute atomic E-state index is 0.0960. The number of nitrogens with zero attached hydrogens (tertiary/aromatic N) is 1. The number of carbonyl (C=O) groups excluding carboxylic acids is 1. The standard InChI is InChI=1S/C24H25FN2O5/c1-16-23(32-17(2)24(29)26-19-6-4-18(25)5-7-19)22(28)12-13-27(16)14-15-31-21-10-8-20(30-3)9-11-21/h4-13,17H,14-15H2,1-3H3,(H,26,29). The minimum atomic E-state index is -0.933. The van der Waals surface area contributed by atoms with Crippen LogP contribution in [0.2, 0.25) is 0 Å². The van der Waals surface area contributed by atoms with Crippen molar-refractivity contribution in [2.45, 2.75) is 26.5 Å². The zero-order valence-electron chi connectivity index (χ0n) is 18.1. The maximum Gasteiger partial charge on any atom is 0.265 e. The second-order valence-electron chi connectivity index (χ2n) is 7.07. The smallest absolute Gasteiger partial charge is 0.265 e. The Morgan fingerprint density at radius 2 is 1.72 bits per heavy atom. The summed E-state index contributed by atoms with van der Waals surface area (Å²) < 4.78 is 31.4. The average Bonchev–Trinajstić information content (AvgIpc) is 2.80. The zero-order chi connectivity index (χ0) is 23.1. The molecule has 168 valence electrons. The van der Waals surface area contributed by atoms with Gasteiger partial charge < -0.3 is 24.1 Å². The summed E-state index contributed by atoms with van der Waals surface area (Å²) in [5.74, 6) is 0.691. The van der Waals surface area contributed by atoms with Gasteiger partial charge in [0, 0.05) is 18.0 Å². The average molecular weight is 440 g/mol. The fraction of sp³-hybridized carbons (Fsp3) is 0.250. The number of pyridine rings is 1. The summed E-state index contributed by atoms with van der Waals surface area (Å²) in [5.41, 5.74) is 0.693. The van der Waals surface area contributed by atoms with Gasteiger partial charge in [0.25, 0.3) is 5.91 Å². The van der Waals surface area contributed by atoms with Crippen LogP contribution in [0.15, 0.2) is 65.6 Å². The molecular formula is C24H25FN2O5. The molecule has 8 heteroatoms. The van der Waals surface area contributed by atoms with Gasteiger partial charge in [-0.05, 0) is 62.4 Å². The molecule has 0 radical (unpaired) electrons. The third-order valence-corrected chi connectivity index (χ3v) is 4.83. The fourth-order valence-corrected chi connectivity index (χ4v) is 2.98. The monoisotopic (exact) mass is 440 g/mol. The number of methoxy groups -OCH3 is 1. The van der Waals surface area contributed by atoms with Crippen molar-refractivity contribution in [1.82, 2.24) is 4.57 Å². The highest BCUT2D eigenvalue weighted by Gasteiger charge is 2.19. The van der Waals surface area contributed by atoms with Gasteiger partial charge in [-0.3, -0.25) is 9.59 Å². The van der Waals surface area contributed by atoms with Gasteiger partial charge in [-0.2, -0.15) is 0 Å². The van der Waals surface area contributed by atoms with E-state index < -0.39 is 17.8 Å². The lowest BCUT2D eigenvalue weighted by Gasteiger charge is -2.18. The van der Waals surface area contributed by atoms with Crippen LogP contribution < -0.4 is 25.0 Å². The largest absolute Gasteiger partial charge is 0.497 e. The molecule has 3 rings (SSSR count). The molecule has 0 saturated carbocycles. The summed E-state index contributed by atoms with van der Waals surface area (Å²) in [6.45, 7) is 4.14. The van der Waals surface area contributed by atoms with Gasteiger partial charge in [-0.25, -0.2) is 4.39 Å². The van der Waals surface area contributed by atoms with Crippen molar-refractivity contribution >= 4 is 11.6 Å². The van der Waals surface area contributed by atoms with Crippen LogP contribution in [0.4, 0.5) is 10.1 Å². The van der Waals surface area contributed by atoms with E-state index in [9.17, 15) is 14.0 Å². The number of anilines is 1. The predicted molar refractivity (Wildman–Crippen MR) is 119 cm³/mol. The zero-order valence-corrected chi connectivity index (χ0v) is 18.1. The van der Waals surface area contributed by atoms with Crippen LogP contribution >= 0.6 is 0 Å². The van der Waals surface area contributed by atoms with E-state index in [1.165, 1.54) is 30.3 Å². The molecule has 0 aliphatic carbocycles. The second kappa shape index (κ2) is 10.5. The first-order valence-electron chi connectivity index (χ1n) is 10.1. The van der Waals surface area contributed by atoms with E-state index in [1.807, 2.05) is 28.8 Å². The van der Waals surface area contributed by atoms with Crippen molar-refractivity contribution in [1.29, 1.82) is 0 Å². The van der Waals surface area contributed by atoms with E-state index in [-0.39, 0.29) is 11.2 Å². The topological polar surface area (TPSA) is 78.8 Å². The molecule has 1 amide bonds. The van der Waals surface area contributed by atoms with Gasteiger partial charge in [0.05, 0.1) is 19.3 Å². The highest BCUT2D eigenvalue weighted by Crippen LogP contribution is 2.18. The van der Waals surface area contributed by atoms with Crippen molar-refractivity contribution in [3.8, 4) is 17.2 Å². The quantitative estimate of drug-likeness (QED) is 0.548.